The van der Waals surface area contributed by atoms with Gasteiger partial charge < -0.3 is 19.3 Å². The maximum absolute atomic E-state index is 12.2. The van der Waals surface area contributed by atoms with Crippen molar-refractivity contribution in [2.75, 3.05) is 38.2 Å². The molecule has 23 heavy (non-hydrogen) atoms. The lowest BCUT2D eigenvalue weighted by Crippen LogP contribution is -2.37. The van der Waals surface area contributed by atoms with Crippen LogP contribution in [-0.2, 0) is 4.74 Å². The van der Waals surface area contributed by atoms with Crippen molar-refractivity contribution >= 4 is 11.8 Å². The third kappa shape index (κ3) is 3.54. The van der Waals surface area contributed by atoms with Crippen LogP contribution in [0.3, 0.4) is 0 Å². The summed E-state index contributed by atoms with van der Waals surface area (Å²) in [5.74, 6) is 1.94. The lowest BCUT2D eigenvalue weighted by molar-refractivity contribution is 0.0282. The number of anilines is 1. The van der Waals surface area contributed by atoms with E-state index in [1.165, 1.54) is 5.69 Å². The molecule has 2 saturated heterocycles. The van der Waals surface area contributed by atoms with E-state index in [9.17, 15) is 4.79 Å². The number of hydrogen-bond acceptors (Lipinski definition) is 4. The number of carbonyl (C=O) groups excluding carboxylic acids is 1. The second kappa shape index (κ2) is 5.95. The van der Waals surface area contributed by atoms with Crippen molar-refractivity contribution in [3.63, 3.8) is 0 Å². The van der Waals surface area contributed by atoms with E-state index in [1.807, 2.05) is 37.8 Å². The van der Waals surface area contributed by atoms with Crippen LogP contribution in [0.25, 0.3) is 0 Å². The number of hydrogen-bond donors (Lipinski definition) is 0. The summed E-state index contributed by atoms with van der Waals surface area (Å²) < 4.78 is 10.7. The zero-order chi connectivity index (χ0) is 16.6. The molecule has 1 aromatic rings. The zero-order valence-corrected chi connectivity index (χ0v) is 14.4. The predicted octanol–water partition coefficient (Wildman–Crippen LogP) is 3.00. The van der Waals surface area contributed by atoms with Crippen LogP contribution in [-0.4, -0.2) is 49.9 Å². The van der Waals surface area contributed by atoms with Crippen LogP contribution < -0.4 is 9.64 Å². The topological polar surface area (TPSA) is 42.0 Å². The van der Waals surface area contributed by atoms with Gasteiger partial charge in [-0.2, -0.15) is 0 Å². The number of methoxy groups -OCH3 is 1. The molecule has 0 unspecified atom stereocenters. The molecule has 0 N–H and O–H groups in total. The van der Waals surface area contributed by atoms with Crippen LogP contribution in [0.15, 0.2) is 24.3 Å². The molecule has 5 heteroatoms. The average Bonchev–Trinajstić information content (AvgIpc) is 3.04. The van der Waals surface area contributed by atoms with Crippen molar-refractivity contribution in [1.82, 2.24) is 4.90 Å². The number of likely N-dealkylation sites (tertiary alicyclic amines) is 1. The molecule has 0 aromatic heterocycles. The number of nitrogens with zero attached hydrogens (tertiary/aromatic N) is 2. The maximum atomic E-state index is 12.2. The van der Waals surface area contributed by atoms with Crippen LogP contribution in [0, 0.1) is 11.8 Å². The summed E-state index contributed by atoms with van der Waals surface area (Å²) in [6.45, 7) is 9.32. The fourth-order valence-corrected chi connectivity index (χ4v) is 3.47. The number of benzene rings is 1. The Hall–Kier alpha value is -1.91. The highest BCUT2D eigenvalue weighted by Gasteiger charge is 2.42. The van der Waals surface area contributed by atoms with Crippen LogP contribution in [0.2, 0.25) is 0 Å². The van der Waals surface area contributed by atoms with E-state index in [0.717, 1.165) is 31.9 Å². The molecular formula is C18H26N2O3. The van der Waals surface area contributed by atoms with Gasteiger partial charge in [-0.15, -0.1) is 0 Å². The van der Waals surface area contributed by atoms with Gasteiger partial charge in [0.2, 0.25) is 0 Å². The van der Waals surface area contributed by atoms with E-state index in [4.69, 9.17) is 9.47 Å². The smallest absolute Gasteiger partial charge is 0.410 e. The van der Waals surface area contributed by atoms with Gasteiger partial charge in [-0.1, -0.05) is 0 Å². The minimum absolute atomic E-state index is 0.178. The van der Waals surface area contributed by atoms with E-state index in [-0.39, 0.29) is 6.09 Å². The summed E-state index contributed by atoms with van der Waals surface area (Å²) in [5.41, 5.74) is 0.799. The molecular weight excluding hydrogens is 292 g/mol. The summed E-state index contributed by atoms with van der Waals surface area (Å²) in [4.78, 5) is 16.5. The molecule has 2 fully saturated rings. The summed E-state index contributed by atoms with van der Waals surface area (Å²) in [7, 11) is 1.68. The molecule has 5 nitrogen and oxygen atoms in total. The van der Waals surface area contributed by atoms with Gasteiger partial charge in [0, 0.05) is 43.7 Å². The minimum atomic E-state index is -0.427. The quantitative estimate of drug-likeness (QED) is 0.841. The SMILES string of the molecule is COc1ccc(N2C[C@H]3CN(C(=O)OC(C)(C)C)C[C@@H]3C2)cc1. The van der Waals surface area contributed by atoms with Crippen LogP contribution in [0.5, 0.6) is 5.75 Å². The molecule has 3 rings (SSSR count). The summed E-state index contributed by atoms with van der Waals surface area (Å²) in [6, 6.07) is 8.20. The van der Waals surface area contributed by atoms with Crippen molar-refractivity contribution in [2.24, 2.45) is 11.8 Å². The monoisotopic (exact) mass is 318 g/mol. The first-order valence-corrected chi connectivity index (χ1v) is 8.22. The van der Waals surface area contributed by atoms with E-state index in [0.29, 0.717) is 11.8 Å². The number of fused-ring (bicyclic) bond motifs is 1. The van der Waals surface area contributed by atoms with Gasteiger partial charge in [0.15, 0.2) is 0 Å². The Morgan fingerprint density at radius 1 is 1.04 bits per heavy atom. The van der Waals surface area contributed by atoms with Crippen LogP contribution in [0.1, 0.15) is 20.8 Å². The Morgan fingerprint density at radius 2 is 1.61 bits per heavy atom. The lowest BCUT2D eigenvalue weighted by atomic mass is 10.0. The standard InChI is InChI=1S/C18H26N2O3/c1-18(2,3)23-17(21)20-11-13-9-19(10-14(13)12-20)15-5-7-16(22-4)8-6-15/h5-8,13-14H,9-12H2,1-4H3/t13-,14-/m0/s1. The van der Waals surface area contributed by atoms with Crippen molar-refractivity contribution in [3.05, 3.63) is 24.3 Å². The normalized spacial score (nSPS) is 23.8. The molecule has 0 saturated carbocycles. The number of carbonyl (C=O) groups is 1. The summed E-state index contributed by atoms with van der Waals surface area (Å²) in [5, 5.41) is 0. The first-order chi connectivity index (χ1) is 10.9. The van der Waals surface area contributed by atoms with Crippen molar-refractivity contribution in [3.8, 4) is 5.75 Å². The molecule has 0 spiro atoms. The average molecular weight is 318 g/mol. The second-order valence-electron chi connectivity index (χ2n) is 7.51. The van der Waals surface area contributed by atoms with Gasteiger partial charge >= 0.3 is 6.09 Å². The maximum Gasteiger partial charge on any atom is 0.410 e. The third-order valence-corrected chi connectivity index (χ3v) is 4.58. The van der Waals surface area contributed by atoms with E-state index >= 15 is 0 Å². The second-order valence-corrected chi connectivity index (χ2v) is 7.51. The van der Waals surface area contributed by atoms with Gasteiger partial charge in [0.25, 0.3) is 0 Å². The first kappa shape index (κ1) is 16.0. The summed E-state index contributed by atoms with van der Waals surface area (Å²) in [6.07, 6.45) is -0.178. The Labute approximate surface area is 138 Å². The fraction of sp³-hybridized carbons (Fsp3) is 0.611. The van der Waals surface area contributed by atoms with Gasteiger partial charge in [0.05, 0.1) is 7.11 Å². The van der Waals surface area contributed by atoms with Crippen molar-refractivity contribution in [1.29, 1.82) is 0 Å². The molecule has 0 bridgehead atoms. The first-order valence-electron chi connectivity index (χ1n) is 8.22. The number of ether oxygens (including phenoxy) is 2. The molecule has 2 aliphatic rings. The summed E-state index contributed by atoms with van der Waals surface area (Å²) >= 11 is 0. The van der Waals surface area contributed by atoms with Crippen LogP contribution in [0.4, 0.5) is 10.5 Å². The molecule has 0 radical (unpaired) electrons. The molecule has 1 aromatic carbocycles. The largest absolute Gasteiger partial charge is 0.497 e. The highest BCUT2D eigenvalue weighted by molar-refractivity contribution is 5.68. The van der Waals surface area contributed by atoms with Crippen molar-refractivity contribution < 1.29 is 14.3 Å². The number of rotatable bonds is 2. The van der Waals surface area contributed by atoms with Crippen LogP contribution >= 0.6 is 0 Å². The van der Waals surface area contributed by atoms with E-state index < -0.39 is 5.60 Å². The Morgan fingerprint density at radius 3 is 2.09 bits per heavy atom. The Kier molecular flexibility index (Phi) is 4.13. The molecule has 1 amide bonds. The van der Waals surface area contributed by atoms with Crippen molar-refractivity contribution in [2.45, 2.75) is 26.4 Å². The third-order valence-electron chi connectivity index (χ3n) is 4.58. The number of amides is 1. The minimum Gasteiger partial charge on any atom is -0.497 e. The highest BCUT2D eigenvalue weighted by atomic mass is 16.6. The lowest BCUT2D eigenvalue weighted by Gasteiger charge is -2.26. The molecule has 2 atom stereocenters. The molecule has 2 aliphatic heterocycles. The molecule has 0 aliphatic carbocycles. The molecule has 2 heterocycles. The Balaban J connectivity index is 1.57. The molecule has 126 valence electrons. The van der Waals surface area contributed by atoms with Gasteiger partial charge in [-0.25, -0.2) is 4.79 Å². The Bertz CT molecular complexity index is 551. The fourth-order valence-electron chi connectivity index (χ4n) is 3.47. The predicted molar refractivity (Wildman–Crippen MR) is 90.0 cm³/mol. The van der Waals surface area contributed by atoms with E-state index in [2.05, 4.69) is 17.0 Å². The zero-order valence-electron chi connectivity index (χ0n) is 14.4. The van der Waals surface area contributed by atoms with Gasteiger partial charge in [-0.05, 0) is 45.0 Å². The highest BCUT2D eigenvalue weighted by Crippen LogP contribution is 2.35. The van der Waals surface area contributed by atoms with E-state index in [1.54, 1.807) is 7.11 Å². The van der Waals surface area contributed by atoms with Gasteiger partial charge in [0.1, 0.15) is 11.4 Å². The van der Waals surface area contributed by atoms with Gasteiger partial charge in [-0.3, -0.25) is 0 Å².